The molecule has 0 spiro atoms. The first kappa shape index (κ1) is 12.4. The Balaban J connectivity index is 0.000000255. The minimum absolute atomic E-state index is 0.176. The van der Waals surface area contributed by atoms with E-state index < -0.39 is 5.97 Å². The summed E-state index contributed by atoms with van der Waals surface area (Å²) in [5.41, 5.74) is 2.85. The molecule has 0 saturated carbocycles. The molecule has 0 aliphatic rings. The molecular formula is C12H16O2. The van der Waals surface area contributed by atoms with Crippen molar-refractivity contribution in [3.05, 3.63) is 47.5 Å². The third-order valence-corrected chi connectivity index (χ3v) is 1.54. The SMILES string of the molecule is C=C(C)C(=O)O.Cc1cccc(C)c1. The van der Waals surface area contributed by atoms with E-state index in [9.17, 15) is 4.79 Å². The zero-order valence-electron chi connectivity index (χ0n) is 8.87. The second kappa shape index (κ2) is 5.97. The third-order valence-electron chi connectivity index (χ3n) is 1.54. The molecule has 0 unspecified atom stereocenters. The maximum absolute atomic E-state index is 9.60. The summed E-state index contributed by atoms with van der Waals surface area (Å²) in [6, 6.07) is 8.45. The minimum Gasteiger partial charge on any atom is -0.478 e. The van der Waals surface area contributed by atoms with Gasteiger partial charge >= 0.3 is 5.97 Å². The van der Waals surface area contributed by atoms with Crippen LogP contribution in [-0.4, -0.2) is 11.1 Å². The number of carboxylic acids is 1. The van der Waals surface area contributed by atoms with Crippen LogP contribution in [0, 0.1) is 13.8 Å². The molecule has 0 saturated heterocycles. The maximum Gasteiger partial charge on any atom is 0.330 e. The Morgan fingerprint density at radius 2 is 1.64 bits per heavy atom. The molecule has 2 heteroatoms. The van der Waals surface area contributed by atoms with E-state index in [2.05, 4.69) is 44.7 Å². The van der Waals surface area contributed by atoms with E-state index in [-0.39, 0.29) is 5.57 Å². The molecule has 14 heavy (non-hydrogen) atoms. The molecular weight excluding hydrogens is 176 g/mol. The number of hydrogen-bond donors (Lipinski definition) is 1. The Morgan fingerprint density at radius 1 is 1.29 bits per heavy atom. The van der Waals surface area contributed by atoms with Crippen molar-refractivity contribution in [1.82, 2.24) is 0 Å². The van der Waals surface area contributed by atoms with Crippen LogP contribution in [0.5, 0.6) is 0 Å². The number of aryl methyl sites for hydroxylation is 2. The van der Waals surface area contributed by atoms with Crippen molar-refractivity contribution >= 4 is 5.97 Å². The largest absolute Gasteiger partial charge is 0.478 e. The average molecular weight is 192 g/mol. The first-order chi connectivity index (χ1) is 6.43. The summed E-state index contributed by atoms with van der Waals surface area (Å²) in [6.45, 7) is 8.81. The highest BCUT2D eigenvalue weighted by molar-refractivity contribution is 5.84. The van der Waals surface area contributed by atoms with Gasteiger partial charge in [0.25, 0.3) is 0 Å². The average Bonchev–Trinajstić information content (AvgIpc) is 2.04. The van der Waals surface area contributed by atoms with Crippen molar-refractivity contribution < 1.29 is 9.90 Å². The Hall–Kier alpha value is -1.57. The van der Waals surface area contributed by atoms with E-state index >= 15 is 0 Å². The fourth-order valence-corrected chi connectivity index (χ4v) is 0.807. The number of carbonyl (C=O) groups is 1. The van der Waals surface area contributed by atoms with Gasteiger partial charge in [-0.3, -0.25) is 0 Å². The van der Waals surface area contributed by atoms with Gasteiger partial charge in [-0.2, -0.15) is 0 Å². The summed E-state index contributed by atoms with van der Waals surface area (Å²) >= 11 is 0. The zero-order chi connectivity index (χ0) is 11.1. The molecule has 1 N–H and O–H groups in total. The summed E-state index contributed by atoms with van der Waals surface area (Å²) < 4.78 is 0. The topological polar surface area (TPSA) is 37.3 Å². The van der Waals surface area contributed by atoms with E-state index in [1.165, 1.54) is 18.1 Å². The van der Waals surface area contributed by atoms with Crippen molar-refractivity contribution in [2.24, 2.45) is 0 Å². The molecule has 0 aliphatic heterocycles. The van der Waals surface area contributed by atoms with Crippen molar-refractivity contribution in [3.8, 4) is 0 Å². The quantitative estimate of drug-likeness (QED) is 0.694. The van der Waals surface area contributed by atoms with Gasteiger partial charge in [0, 0.05) is 5.57 Å². The monoisotopic (exact) mass is 192 g/mol. The van der Waals surface area contributed by atoms with E-state index in [0.717, 1.165) is 0 Å². The third kappa shape index (κ3) is 6.00. The van der Waals surface area contributed by atoms with Crippen molar-refractivity contribution in [1.29, 1.82) is 0 Å². The number of benzene rings is 1. The van der Waals surface area contributed by atoms with Crippen LogP contribution in [0.25, 0.3) is 0 Å². The van der Waals surface area contributed by atoms with E-state index in [0.29, 0.717) is 0 Å². The molecule has 1 aromatic rings. The summed E-state index contributed by atoms with van der Waals surface area (Å²) in [6.07, 6.45) is 0. The van der Waals surface area contributed by atoms with Crippen molar-refractivity contribution in [2.75, 3.05) is 0 Å². The molecule has 0 aromatic heterocycles. The van der Waals surface area contributed by atoms with Crippen LogP contribution in [0.15, 0.2) is 36.4 Å². The summed E-state index contributed by atoms with van der Waals surface area (Å²) in [5.74, 6) is -0.935. The second-order valence-corrected chi connectivity index (χ2v) is 3.24. The Labute approximate surface area is 84.9 Å². The van der Waals surface area contributed by atoms with Gasteiger partial charge in [-0.15, -0.1) is 0 Å². The molecule has 0 radical (unpaired) electrons. The maximum atomic E-state index is 9.60. The van der Waals surface area contributed by atoms with Crippen LogP contribution in [-0.2, 0) is 4.79 Å². The van der Waals surface area contributed by atoms with Crippen LogP contribution in [0.1, 0.15) is 18.1 Å². The van der Waals surface area contributed by atoms with Crippen molar-refractivity contribution in [3.63, 3.8) is 0 Å². The fraction of sp³-hybridized carbons (Fsp3) is 0.250. The molecule has 0 atom stereocenters. The van der Waals surface area contributed by atoms with Gasteiger partial charge in [-0.05, 0) is 20.8 Å². The van der Waals surface area contributed by atoms with Crippen LogP contribution in [0.2, 0.25) is 0 Å². The van der Waals surface area contributed by atoms with Gasteiger partial charge in [0.1, 0.15) is 0 Å². The lowest BCUT2D eigenvalue weighted by Gasteiger charge is -1.90. The molecule has 0 aliphatic carbocycles. The highest BCUT2D eigenvalue weighted by Gasteiger charge is 1.90. The zero-order valence-corrected chi connectivity index (χ0v) is 8.87. The van der Waals surface area contributed by atoms with Crippen LogP contribution in [0.4, 0.5) is 0 Å². The Bertz CT molecular complexity index is 298. The number of hydrogen-bond acceptors (Lipinski definition) is 1. The van der Waals surface area contributed by atoms with Crippen LogP contribution >= 0.6 is 0 Å². The number of aliphatic carboxylic acids is 1. The number of carboxylic acid groups (broad SMARTS) is 1. The summed E-state index contributed by atoms with van der Waals surface area (Å²) in [5, 5.41) is 7.89. The van der Waals surface area contributed by atoms with Gasteiger partial charge in [0.2, 0.25) is 0 Å². The van der Waals surface area contributed by atoms with Crippen LogP contribution in [0.3, 0.4) is 0 Å². The normalized spacial score (nSPS) is 8.50. The van der Waals surface area contributed by atoms with Gasteiger partial charge in [-0.1, -0.05) is 42.0 Å². The molecule has 0 fully saturated rings. The molecule has 0 heterocycles. The first-order valence-corrected chi connectivity index (χ1v) is 4.35. The van der Waals surface area contributed by atoms with Gasteiger partial charge in [0.15, 0.2) is 0 Å². The molecule has 2 nitrogen and oxygen atoms in total. The second-order valence-electron chi connectivity index (χ2n) is 3.24. The van der Waals surface area contributed by atoms with Gasteiger partial charge < -0.3 is 5.11 Å². The van der Waals surface area contributed by atoms with Crippen molar-refractivity contribution in [2.45, 2.75) is 20.8 Å². The molecule has 1 rings (SSSR count). The molecule has 0 amide bonds. The van der Waals surface area contributed by atoms with Gasteiger partial charge in [0.05, 0.1) is 0 Å². The lowest BCUT2D eigenvalue weighted by Crippen LogP contribution is -1.92. The molecule has 76 valence electrons. The fourth-order valence-electron chi connectivity index (χ4n) is 0.807. The smallest absolute Gasteiger partial charge is 0.330 e. The Kier molecular flexibility index (Phi) is 5.30. The highest BCUT2D eigenvalue weighted by atomic mass is 16.4. The predicted octanol–water partition coefficient (Wildman–Crippen LogP) is 2.95. The molecule has 0 bridgehead atoms. The summed E-state index contributed by atoms with van der Waals surface area (Å²) in [4.78, 5) is 9.60. The van der Waals surface area contributed by atoms with E-state index in [1.807, 2.05) is 0 Å². The first-order valence-electron chi connectivity index (χ1n) is 4.35. The Morgan fingerprint density at radius 3 is 1.79 bits per heavy atom. The lowest BCUT2D eigenvalue weighted by atomic mass is 10.2. The van der Waals surface area contributed by atoms with Crippen LogP contribution < -0.4 is 0 Å². The highest BCUT2D eigenvalue weighted by Crippen LogP contribution is 2.00. The standard InChI is InChI=1S/C8H10.C4H6O2/c1-7-4-3-5-8(2)6-7;1-3(2)4(5)6/h3-6H,1-2H3;1H2,2H3,(H,5,6). The molecule has 1 aromatic carbocycles. The lowest BCUT2D eigenvalue weighted by molar-refractivity contribution is -0.132. The van der Waals surface area contributed by atoms with E-state index in [4.69, 9.17) is 5.11 Å². The van der Waals surface area contributed by atoms with Gasteiger partial charge in [-0.25, -0.2) is 4.79 Å². The summed E-state index contributed by atoms with van der Waals surface area (Å²) in [7, 11) is 0. The number of rotatable bonds is 1. The van der Waals surface area contributed by atoms with E-state index in [1.54, 1.807) is 0 Å². The predicted molar refractivity (Wildman–Crippen MR) is 58.4 cm³/mol. The minimum atomic E-state index is -0.935.